The lowest BCUT2D eigenvalue weighted by Crippen LogP contribution is -2.40. The highest BCUT2D eigenvalue weighted by Gasteiger charge is 2.27. The average molecular weight is 490 g/mol. The van der Waals surface area contributed by atoms with Crippen LogP contribution in [0.15, 0.2) is 72.3 Å². The van der Waals surface area contributed by atoms with Gasteiger partial charge < -0.3 is 9.73 Å². The number of aliphatic imine (C=N–C) groups is 2. The second-order valence-corrected chi connectivity index (χ2v) is 8.86. The monoisotopic (exact) mass is 489 g/mol. The highest BCUT2D eigenvalue weighted by Crippen LogP contribution is 2.37. The topological polar surface area (TPSA) is 138 Å². The first-order valence-electron chi connectivity index (χ1n) is 11.2. The Balaban J connectivity index is 1.48. The number of carbonyl (C=O) groups excluding carboxylic acids is 1. The van der Waals surface area contributed by atoms with Gasteiger partial charge in [-0.05, 0) is 24.5 Å². The normalized spacial score (nSPS) is 17.7. The molecule has 178 valence electrons. The summed E-state index contributed by atoms with van der Waals surface area (Å²) < 4.78 is 5.16. The quantitative estimate of drug-likeness (QED) is 0.504. The van der Waals surface area contributed by atoms with Crippen molar-refractivity contribution < 1.29 is 9.21 Å². The third-order valence-electron chi connectivity index (χ3n) is 5.66. The third kappa shape index (κ3) is 5.04. The van der Waals surface area contributed by atoms with E-state index in [1.54, 1.807) is 23.8 Å². The van der Waals surface area contributed by atoms with Crippen LogP contribution in [0.4, 0.5) is 4.79 Å². The lowest BCUT2D eigenvalue weighted by molar-refractivity contribution is 0.245. The summed E-state index contributed by atoms with van der Waals surface area (Å²) in [6.45, 7) is 2.76. The molecule has 2 aliphatic rings. The van der Waals surface area contributed by atoms with Gasteiger partial charge in [0.1, 0.15) is 10.8 Å². The van der Waals surface area contributed by atoms with Crippen LogP contribution in [0.5, 0.6) is 0 Å². The van der Waals surface area contributed by atoms with Crippen LogP contribution in [0.25, 0.3) is 16.8 Å². The van der Waals surface area contributed by atoms with E-state index in [0.717, 1.165) is 33.0 Å². The molecule has 0 saturated carbocycles. The minimum Gasteiger partial charge on any atom is -0.392 e. The number of thiazole rings is 1. The van der Waals surface area contributed by atoms with E-state index in [0.29, 0.717) is 37.7 Å². The number of urea groups is 1. The van der Waals surface area contributed by atoms with Gasteiger partial charge in [-0.15, -0.1) is 16.4 Å². The van der Waals surface area contributed by atoms with Crippen LogP contribution in [0, 0.1) is 0 Å². The zero-order valence-electron chi connectivity index (χ0n) is 18.9. The number of dihydropyridines is 1. The molecule has 0 spiro atoms. The standard InChI is InChI=1S/C24H23N7O3S/c1-2-26-23(32)29-20-9-17(22-28-19(13-35-22)14-6-4-3-5-7-14)18(12-27-20)15-8-16(11-25-10-15)21-30-31-24(33)34-21/h3-7,10-11,13,16H,2,8-9,12H2,1H3,(H,31,33)(H2,26,27,29,32). The lowest BCUT2D eigenvalue weighted by Gasteiger charge is -2.23. The number of H-pyrrole nitrogens is 1. The van der Waals surface area contributed by atoms with Crippen molar-refractivity contribution in [3.8, 4) is 11.3 Å². The number of aromatic nitrogens is 3. The van der Waals surface area contributed by atoms with E-state index in [-0.39, 0.29) is 11.9 Å². The van der Waals surface area contributed by atoms with Gasteiger partial charge in [0.25, 0.3) is 0 Å². The number of nitrogens with zero attached hydrogens (tertiary/aromatic N) is 4. The highest BCUT2D eigenvalue weighted by molar-refractivity contribution is 7.11. The van der Waals surface area contributed by atoms with Gasteiger partial charge in [0.15, 0.2) is 0 Å². The Hall–Kier alpha value is -4.12. The van der Waals surface area contributed by atoms with Crippen molar-refractivity contribution in [2.45, 2.75) is 25.7 Å². The van der Waals surface area contributed by atoms with Gasteiger partial charge in [-0.1, -0.05) is 30.3 Å². The van der Waals surface area contributed by atoms with Crippen molar-refractivity contribution >= 4 is 35.0 Å². The van der Waals surface area contributed by atoms with E-state index in [1.807, 2.05) is 42.6 Å². The summed E-state index contributed by atoms with van der Waals surface area (Å²) >= 11 is 1.56. The molecule has 2 amide bonds. The van der Waals surface area contributed by atoms with Crippen molar-refractivity contribution in [1.29, 1.82) is 0 Å². The largest absolute Gasteiger partial charge is 0.434 e. The Morgan fingerprint density at radius 2 is 2.11 bits per heavy atom. The Morgan fingerprint density at radius 3 is 2.89 bits per heavy atom. The molecule has 35 heavy (non-hydrogen) atoms. The molecule has 0 aliphatic carbocycles. The summed E-state index contributed by atoms with van der Waals surface area (Å²) in [5.41, 5.74) is 4.89. The van der Waals surface area contributed by atoms with Crippen molar-refractivity contribution in [2.75, 3.05) is 13.1 Å². The van der Waals surface area contributed by atoms with Crippen LogP contribution in [-0.2, 0) is 0 Å². The molecule has 1 atom stereocenters. The Kier molecular flexibility index (Phi) is 6.49. The molecule has 4 heterocycles. The minimum absolute atomic E-state index is 0.266. The van der Waals surface area contributed by atoms with Crippen molar-refractivity contribution in [3.63, 3.8) is 0 Å². The fourth-order valence-corrected chi connectivity index (χ4v) is 4.91. The third-order valence-corrected chi connectivity index (χ3v) is 6.56. The number of aromatic amines is 1. The molecule has 0 radical (unpaired) electrons. The maximum atomic E-state index is 12.1. The first-order chi connectivity index (χ1) is 17.1. The molecule has 0 fully saturated rings. The predicted octanol–water partition coefficient (Wildman–Crippen LogP) is 3.50. The molecule has 0 bridgehead atoms. The summed E-state index contributed by atoms with van der Waals surface area (Å²) in [4.78, 5) is 37.5. The molecular formula is C24H23N7O3S. The van der Waals surface area contributed by atoms with Crippen LogP contribution in [0.1, 0.15) is 36.6 Å². The van der Waals surface area contributed by atoms with Gasteiger partial charge >= 0.3 is 11.8 Å². The molecule has 0 saturated heterocycles. The van der Waals surface area contributed by atoms with Gasteiger partial charge in [0.2, 0.25) is 5.89 Å². The van der Waals surface area contributed by atoms with Gasteiger partial charge in [-0.25, -0.2) is 19.7 Å². The molecule has 1 aromatic carbocycles. The van der Waals surface area contributed by atoms with E-state index in [4.69, 9.17) is 9.40 Å². The van der Waals surface area contributed by atoms with Crippen LogP contribution in [-0.4, -0.2) is 46.4 Å². The average Bonchev–Trinajstić information content (AvgIpc) is 3.54. The molecule has 11 heteroatoms. The van der Waals surface area contributed by atoms with E-state index < -0.39 is 5.76 Å². The maximum Gasteiger partial charge on any atom is 0.434 e. The molecule has 10 nitrogen and oxygen atoms in total. The first-order valence-corrected chi connectivity index (χ1v) is 12.1. The van der Waals surface area contributed by atoms with E-state index in [9.17, 15) is 9.59 Å². The van der Waals surface area contributed by atoms with E-state index >= 15 is 0 Å². The number of amidine groups is 1. The predicted molar refractivity (Wildman–Crippen MR) is 135 cm³/mol. The molecular weight excluding hydrogens is 466 g/mol. The number of amides is 2. The molecule has 1 unspecified atom stereocenters. The summed E-state index contributed by atoms with van der Waals surface area (Å²) in [6, 6.07) is 9.71. The molecule has 2 aromatic heterocycles. The fourth-order valence-electron chi connectivity index (χ4n) is 4.00. The second kappa shape index (κ2) is 10.0. The lowest BCUT2D eigenvalue weighted by atomic mass is 9.88. The molecule has 2 aliphatic heterocycles. The van der Waals surface area contributed by atoms with Gasteiger partial charge in [0.05, 0.1) is 18.2 Å². The summed E-state index contributed by atoms with van der Waals surface area (Å²) in [6.07, 6.45) is 4.51. The number of hydrogen-bond donors (Lipinski definition) is 3. The van der Waals surface area contributed by atoms with Crippen LogP contribution in [0.2, 0.25) is 0 Å². The fraction of sp³-hybridized carbons (Fsp3) is 0.250. The number of benzene rings is 1. The van der Waals surface area contributed by atoms with Crippen LogP contribution >= 0.6 is 11.3 Å². The highest BCUT2D eigenvalue weighted by atomic mass is 32.1. The SMILES string of the molecule is CCNC(=O)NC1=NCC(C2=CN=CC(c3n[nH]c(=O)o3)C2)=C(c2nc(-c3ccccc3)cs2)C1. The van der Waals surface area contributed by atoms with Crippen molar-refractivity contribution in [3.05, 3.63) is 74.5 Å². The van der Waals surface area contributed by atoms with Gasteiger partial charge in [-0.2, -0.15) is 0 Å². The molecule has 3 N–H and O–H groups in total. The smallest absolute Gasteiger partial charge is 0.392 e. The van der Waals surface area contributed by atoms with E-state index in [1.165, 1.54) is 0 Å². The number of carbonyl (C=O) groups is 1. The zero-order valence-corrected chi connectivity index (χ0v) is 19.8. The zero-order chi connectivity index (χ0) is 24.2. The Bertz CT molecular complexity index is 1410. The summed E-state index contributed by atoms with van der Waals surface area (Å²) in [7, 11) is 0. The second-order valence-electron chi connectivity index (χ2n) is 8.00. The van der Waals surface area contributed by atoms with Crippen molar-refractivity contribution in [1.82, 2.24) is 25.8 Å². The summed E-state index contributed by atoms with van der Waals surface area (Å²) in [5, 5.41) is 14.8. The first kappa shape index (κ1) is 22.7. The minimum atomic E-state index is -0.594. The number of hydrogen-bond acceptors (Lipinski definition) is 8. The van der Waals surface area contributed by atoms with Crippen LogP contribution in [0.3, 0.4) is 0 Å². The number of nitrogens with one attached hydrogen (secondary N) is 3. The van der Waals surface area contributed by atoms with Crippen molar-refractivity contribution in [2.24, 2.45) is 9.98 Å². The van der Waals surface area contributed by atoms with Crippen LogP contribution < -0.4 is 16.4 Å². The number of rotatable bonds is 5. The Morgan fingerprint density at radius 1 is 1.26 bits per heavy atom. The summed E-state index contributed by atoms with van der Waals surface area (Å²) in [5.74, 6) is 0.0209. The Labute approximate surface area is 204 Å². The molecule has 3 aromatic rings. The van der Waals surface area contributed by atoms with E-state index in [2.05, 4.69) is 30.8 Å². The maximum absolute atomic E-state index is 12.1. The van der Waals surface area contributed by atoms with Gasteiger partial charge in [0, 0.05) is 41.9 Å². The van der Waals surface area contributed by atoms with Gasteiger partial charge in [-0.3, -0.25) is 15.3 Å². The molecule has 5 rings (SSSR count).